The maximum Gasteiger partial charge on any atom is 0.331 e. The molecule has 108 valence electrons. The summed E-state index contributed by atoms with van der Waals surface area (Å²) in [6.45, 7) is 3.86. The predicted molar refractivity (Wildman–Crippen MR) is 70.7 cm³/mol. The molecule has 0 radical (unpaired) electrons. The number of aliphatic hydroxyl groups is 1. The van der Waals surface area contributed by atoms with E-state index in [1.807, 2.05) is 19.0 Å². The Bertz CT molecular complexity index is 403. The fourth-order valence-corrected chi connectivity index (χ4v) is 2.27. The minimum atomic E-state index is -1.09. The zero-order valence-corrected chi connectivity index (χ0v) is 11.9. The van der Waals surface area contributed by atoms with E-state index < -0.39 is 12.1 Å². The van der Waals surface area contributed by atoms with E-state index in [0.717, 1.165) is 0 Å². The molecule has 19 heavy (non-hydrogen) atoms. The first-order chi connectivity index (χ1) is 8.73. The van der Waals surface area contributed by atoms with Gasteiger partial charge in [-0.3, -0.25) is 4.79 Å². The summed E-state index contributed by atoms with van der Waals surface area (Å²) in [4.78, 5) is 26.7. The van der Waals surface area contributed by atoms with Gasteiger partial charge in [0.2, 0.25) is 5.91 Å². The lowest BCUT2D eigenvalue weighted by molar-refractivity contribution is -0.134. The number of amides is 1. The number of carboxylic acid groups (broad SMARTS) is 1. The second-order valence-corrected chi connectivity index (χ2v) is 5.32. The molecule has 1 amide bonds. The Labute approximate surface area is 113 Å². The third-order valence-corrected chi connectivity index (χ3v) is 3.43. The van der Waals surface area contributed by atoms with Gasteiger partial charge in [0, 0.05) is 30.3 Å². The number of aliphatic hydroxyl groups excluding tert-OH is 1. The average molecular weight is 270 g/mol. The van der Waals surface area contributed by atoms with Crippen molar-refractivity contribution in [3.05, 3.63) is 11.1 Å². The first kappa shape index (κ1) is 15.7. The number of carboxylic acids is 1. The monoisotopic (exact) mass is 270 g/mol. The summed E-state index contributed by atoms with van der Waals surface area (Å²) in [6.07, 6.45) is -0.00427. The Morgan fingerprint density at radius 2 is 1.84 bits per heavy atom. The van der Waals surface area contributed by atoms with E-state index in [0.29, 0.717) is 13.0 Å². The van der Waals surface area contributed by atoms with Crippen LogP contribution in [0.2, 0.25) is 0 Å². The first-order valence-electron chi connectivity index (χ1n) is 6.28. The molecule has 1 aliphatic rings. The summed E-state index contributed by atoms with van der Waals surface area (Å²) < 4.78 is 0. The molecule has 1 fully saturated rings. The summed E-state index contributed by atoms with van der Waals surface area (Å²) in [5.41, 5.74) is 0.278. The molecule has 6 heteroatoms. The van der Waals surface area contributed by atoms with Gasteiger partial charge in [-0.25, -0.2) is 4.79 Å². The lowest BCUT2D eigenvalue weighted by atomic mass is 10.1. The van der Waals surface area contributed by atoms with Gasteiger partial charge >= 0.3 is 5.97 Å². The van der Waals surface area contributed by atoms with Gasteiger partial charge in [0.25, 0.3) is 0 Å². The SMILES string of the molecule is CC(C(=O)O)=C(C)C(=O)N1CC(O)CC1CN(C)C. The molecule has 1 rings (SSSR count). The first-order valence-corrected chi connectivity index (χ1v) is 6.28. The van der Waals surface area contributed by atoms with Gasteiger partial charge in [0.15, 0.2) is 0 Å². The average Bonchev–Trinajstić information content (AvgIpc) is 2.66. The Hall–Kier alpha value is -1.40. The van der Waals surface area contributed by atoms with Crippen molar-refractivity contribution in [1.29, 1.82) is 0 Å². The number of likely N-dealkylation sites (N-methyl/N-ethyl adjacent to an activating group) is 1. The molecule has 0 saturated carbocycles. The van der Waals surface area contributed by atoms with Crippen LogP contribution >= 0.6 is 0 Å². The van der Waals surface area contributed by atoms with E-state index >= 15 is 0 Å². The van der Waals surface area contributed by atoms with E-state index in [9.17, 15) is 14.7 Å². The summed E-state index contributed by atoms with van der Waals surface area (Å²) in [5, 5.41) is 18.6. The minimum Gasteiger partial charge on any atom is -0.478 e. The molecule has 0 aromatic carbocycles. The summed E-state index contributed by atoms with van der Waals surface area (Å²) in [7, 11) is 3.80. The number of rotatable bonds is 4. The fraction of sp³-hybridized carbons (Fsp3) is 0.692. The minimum absolute atomic E-state index is 0.0509. The van der Waals surface area contributed by atoms with Crippen LogP contribution in [-0.2, 0) is 9.59 Å². The number of carbonyl (C=O) groups excluding carboxylic acids is 1. The largest absolute Gasteiger partial charge is 0.478 e. The molecule has 0 spiro atoms. The van der Waals surface area contributed by atoms with Crippen LogP contribution in [0, 0.1) is 0 Å². The number of hydrogen-bond donors (Lipinski definition) is 2. The molecule has 2 N–H and O–H groups in total. The van der Waals surface area contributed by atoms with E-state index in [2.05, 4.69) is 0 Å². The molecular weight excluding hydrogens is 248 g/mol. The summed E-state index contributed by atoms with van der Waals surface area (Å²) in [5.74, 6) is -1.39. The molecule has 6 nitrogen and oxygen atoms in total. The third kappa shape index (κ3) is 3.78. The van der Waals surface area contributed by atoms with Gasteiger partial charge in [-0.15, -0.1) is 0 Å². The summed E-state index contributed by atoms with van der Waals surface area (Å²) in [6, 6.07) is -0.0750. The van der Waals surface area contributed by atoms with Crippen molar-refractivity contribution < 1.29 is 19.8 Å². The molecule has 1 aliphatic heterocycles. The van der Waals surface area contributed by atoms with Crippen LogP contribution < -0.4 is 0 Å². The van der Waals surface area contributed by atoms with Crippen molar-refractivity contribution in [3.63, 3.8) is 0 Å². The molecule has 0 bridgehead atoms. The Kier molecular flexibility index (Phi) is 5.08. The van der Waals surface area contributed by atoms with Gasteiger partial charge < -0.3 is 20.0 Å². The molecule has 0 aromatic rings. The molecule has 0 aromatic heterocycles. The number of hydrogen-bond acceptors (Lipinski definition) is 4. The van der Waals surface area contributed by atoms with Crippen molar-refractivity contribution >= 4 is 11.9 Å². The zero-order chi connectivity index (χ0) is 14.7. The van der Waals surface area contributed by atoms with Gasteiger partial charge in [0.1, 0.15) is 0 Å². The highest BCUT2D eigenvalue weighted by atomic mass is 16.4. The maximum absolute atomic E-state index is 12.3. The second-order valence-electron chi connectivity index (χ2n) is 5.32. The highest BCUT2D eigenvalue weighted by Crippen LogP contribution is 2.21. The highest BCUT2D eigenvalue weighted by molar-refractivity contribution is 6.01. The number of nitrogens with zero attached hydrogens (tertiary/aromatic N) is 2. The van der Waals surface area contributed by atoms with E-state index in [1.165, 1.54) is 13.8 Å². The molecule has 1 saturated heterocycles. The van der Waals surface area contributed by atoms with E-state index in [1.54, 1.807) is 4.90 Å². The predicted octanol–water partition coefficient (Wildman–Crippen LogP) is -0.0692. The van der Waals surface area contributed by atoms with Crippen molar-refractivity contribution in [2.45, 2.75) is 32.4 Å². The van der Waals surface area contributed by atoms with Crippen molar-refractivity contribution in [2.75, 3.05) is 27.2 Å². The molecule has 1 heterocycles. The van der Waals surface area contributed by atoms with Crippen LogP contribution in [0.3, 0.4) is 0 Å². The van der Waals surface area contributed by atoms with Crippen molar-refractivity contribution in [2.24, 2.45) is 0 Å². The Morgan fingerprint density at radius 1 is 1.26 bits per heavy atom. The van der Waals surface area contributed by atoms with Gasteiger partial charge in [-0.05, 0) is 34.4 Å². The smallest absolute Gasteiger partial charge is 0.331 e. The quantitative estimate of drug-likeness (QED) is 0.699. The lowest BCUT2D eigenvalue weighted by Gasteiger charge is -2.27. The van der Waals surface area contributed by atoms with Crippen LogP contribution in [0.15, 0.2) is 11.1 Å². The van der Waals surface area contributed by atoms with Crippen LogP contribution in [0.4, 0.5) is 0 Å². The normalized spacial score (nSPS) is 24.6. The molecule has 2 unspecified atom stereocenters. The zero-order valence-electron chi connectivity index (χ0n) is 11.9. The Balaban J connectivity index is 2.91. The van der Waals surface area contributed by atoms with Gasteiger partial charge in [-0.1, -0.05) is 0 Å². The standard InChI is InChI=1S/C13H22N2O4/c1-8(9(2)13(18)19)12(17)15-7-11(16)5-10(15)6-14(3)4/h10-11,16H,5-7H2,1-4H3,(H,18,19). The van der Waals surface area contributed by atoms with E-state index in [4.69, 9.17) is 5.11 Å². The highest BCUT2D eigenvalue weighted by Gasteiger charge is 2.35. The number of aliphatic carboxylic acids is 1. The summed E-state index contributed by atoms with van der Waals surface area (Å²) >= 11 is 0. The lowest BCUT2D eigenvalue weighted by Crippen LogP contribution is -2.42. The van der Waals surface area contributed by atoms with Crippen LogP contribution in [-0.4, -0.2) is 71.2 Å². The second kappa shape index (κ2) is 6.16. The van der Waals surface area contributed by atoms with Crippen LogP contribution in [0.1, 0.15) is 20.3 Å². The Morgan fingerprint density at radius 3 is 2.32 bits per heavy atom. The molecule has 0 aliphatic carbocycles. The van der Waals surface area contributed by atoms with Crippen molar-refractivity contribution in [1.82, 2.24) is 9.80 Å². The van der Waals surface area contributed by atoms with Crippen LogP contribution in [0.25, 0.3) is 0 Å². The number of carbonyl (C=O) groups is 2. The molecule has 2 atom stereocenters. The van der Waals surface area contributed by atoms with Gasteiger partial charge in [0.05, 0.1) is 6.10 Å². The van der Waals surface area contributed by atoms with E-state index in [-0.39, 0.29) is 29.6 Å². The number of likely N-dealkylation sites (tertiary alicyclic amines) is 1. The fourth-order valence-electron chi connectivity index (χ4n) is 2.27. The number of β-amino-alcohol motifs (C(OH)–C–C–N with tert-alkyl or cyclic N) is 1. The van der Waals surface area contributed by atoms with Gasteiger partial charge in [-0.2, -0.15) is 0 Å². The third-order valence-electron chi connectivity index (χ3n) is 3.43. The topological polar surface area (TPSA) is 81.1 Å². The van der Waals surface area contributed by atoms with Crippen LogP contribution in [0.5, 0.6) is 0 Å². The molecular formula is C13H22N2O4. The maximum atomic E-state index is 12.3. The van der Waals surface area contributed by atoms with Crippen molar-refractivity contribution in [3.8, 4) is 0 Å².